The first-order chi connectivity index (χ1) is 7.83. The van der Waals surface area contributed by atoms with Crippen LogP contribution < -0.4 is 15.8 Å². The minimum Gasteiger partial charge on any atom is -0.497 e. The number of benzene rings is 1. The van der Waals surface area contributed by atoms with Gasteiger partial charge < -0.3 is 15.8 Å². The van der Waals surface area contributed by atoms with Crippen LogP contribution in [0.5, 0.6) is 5.75 Å². The standard InChI is InChI=1S/C10H11F3N2O2/c1-17-6-2-3-8(14)7(4-6)9(16)15-5-10(11,12)13/h2-4H,5,14H2,1H3,(H,15,16). The Hall–Kier alpha value is -1.92. The lowest BCUT2D eigenvalue weighted by molar-refractivity contribution is -0.123. The summed E-state index contributed by atoms with van der Waals surface area (Å²) in [5, 5.41) is 1.73. The van der Waals surface area contributed by atoms with Crippen LogP contribution in [0.1, 0.15) is 10.4 Å². The van der Waals surface area contributed by atoms with Crippen molar-refractivity contribution in [1.29, 1.82) is 0 Å². The number of nitrogens with two attached hydrogens (primary N) is 1. The first kappa shape index (κ1) is 13.1. The Morgan fingerprint density at radius 2 is 2.12 bits per heavy atom. The van der Waals surface area contributed by atoms with Crippen molar-refractivity contribution >= 4 is 11.6 Å². The molecule has 0 atom stereocenters. The van der Waals surface area contributed by atoms with Gasteiger partial charge in [-0.1, -0.05) is 0 Å². The van der Waals surface area contributed by atoms with Gasteiger partial charge in [-0.2, -0.15) is 13.2 Å². The van der Waals surface area contributed by atoms with Gasteiger partial charge in [0.2, 0.25) is 0 Å². The van der Waals surface area contributed by atoms with Crippen LogP contribution in [0.15, 0.2) is 18.2 Å². The summed E-state index contributed by atoms with van der Waals surface area (Å²) in [5.41, 5.74) is 5.53. The smallest absolute Gasteiger partial charge is 0.405 e. The third-order valence-corrected chi connectivity index (χ3v) is 1.95. The molecule has 7 heteroatoms. The zero-order chi connectivity index (χ0) is 13.1. The Morgan fingerprint density at radius 1 is 1.47 bits per heavy atom. The Balaban J connectivity index is 2.81. The summed E-state index contributed by atoms with van der Waals surface area (Å²) >= 11 is 0. The van der Waals surface area contributed by atoms with Gasteiger partial charge in [-0.25, -0.2) is 0 Å². The topological polar surface area (TPSA) is 64.3 Å². The van der Waals surface area contributed by atoms with E-state index in [4.69, 9.17) is 10.5 Å². The zero-order valence-electron chi connectivity index (χ0n) is 8.97. The van der Waals surface area contributed by atoms with E-state index in [0.717, 1.165) is 0 Å². The Kier molecular flexibility index (Phi) is 3.82. The molecule has 17 heavy (non-hydrogen) atoms. The molecule has 0 bridgehead atoms. The number of ether oxygens (including phenoxy) is 1. The van der Waals surface area contributed by atoms with Crippen LogP contribution in [0.2, 0.25) is 0 Å². The van der Waals surface area contributed by atoms with E-state index in [1.165, 1.54) is 25.3 Å². The highest BCUT2D eigenvalue weighted by Crippen LogP contribution is 2.20. The van der Waals surface area contributed by atoms with E-state index >= 15 is 0 Å². The molecule has 0 fully saturated rings. The summed E-state index contributed by atoms with van der Waals surface area (Å²) in [6.07, 6.45) is -4.46. The fourth-order valence-corrected chi connectivity index (χ4v) is 1.13. The van der Waals surface area contributed by atoms with Crippen molar-refractivity contribution in [2.24, 2.45) is 0 Å². The summed E-state index contributed by atoms with van der Waals surface area (Å²) in [6.45, 7) is -1.40. The van der Waals surface area contributed by atoms with Gasteiger partial charge in [0.1, 0.15) is 12.3 Å². The fourth-order valence-electron chi connectivity index (χ4n) is 1.13. The zero-order valence-corrected chi connectivity index (χ0v) is 8.97. The highest BCUT2D eigenvalue weighted by molar-refractivity contribution is 5.99. The molecule has 3 N–H and O–H groups in total. The number of nitrogens with one attached hydrogen (secondary N) is 1. The van der Waals surface area contributed by atoms with Crippen LogP contribution in [0.3, 0.4) is 0 Å². The number of anilines is 1. The molecule has 0 spiro atoms. The molecule has 0 unspecified atom stereocenters. The second-order valence-electron chi connectivity index (χ2n) is 3.25. The van der Waals surface area contributed by atoms with Gasteiger partial charge in [0.15, 0.2) is 0 Å². The quantitative estimate of drug-likeness (QED) is 0.798. The normalized spacial score (nSPS) is 11.1. The van der Waals surface area contributed by atoms with Crippen LogP contribution in [0, 0.1) is 0 Å². The summed E-state index contributed by atoms with van der Waals surface area (Å²) in [6, 6.07) is 4.18. The van der Waals surface area contributed by atoms with E-state index in [1.54, 1.807) is 5.32 Å². The molecular weight excluding hydrogens is 237 g/mol. The summed E-state index contributed by atoms with van der Waals surface area (Å²) in [7, 11) is 1.38. The summed E-state index contributed by atoms with van der Waals surface area (Å²) in [5.74, 6) is -0.546. The van der Waals surface area contributed by atoms with Crippen LogP contribution in [0.25, 0.3) is 0 Å². The van der Waals surface area contributed by atoms with Crippen LogP contribution in [-0.2, 0) is 0 Å². The van der Waals surface area contributed by atoms with E-state index in [1.807, 2.05) is 0 Å². The highest BCUT2D eigenvalue weighted by Gasteiger charge is 2.28. The third-order valence-electron chi connectivity index (χ3n) is 1.95. The van der Waals surface area contributed by atoms with E-state index in [2.05, 4.69) is 0 Å². The van der Waals surface area contributed by atoms with E-state index in [0.29, 0.717) is 5.75 Å². The number of alkyl halides is 3. The van der Waals surface area contributed by atoms with Crippen molar-refractivity contribution in [2.45, 2.75) is 6.18 Å². The van der Waals surface area contributed by atoms with Crippen molar-refractivity contribution in [3.8, 4) is 5.75 Å². The van der Waals surface area contributed by atoms with Gasteiger partial charge in [0.25, 0.3) is 5.91 Å². The Morgan fingerprint density at radius 3 is 2.65 bits per heavy atom. The molecule has 0 heterocycles. The maximum absolute atomic E-state index is 11.9. The molecule has 0 aliphatic carbocycles. The molecule has 4 nitrogen and oxygen atoms in total. The summed E-state index contributed by atoms with van der Waals surface area (Å²) < 4.78 is 40.6. The lowest BCUT2D eigenvalue weighted by atomic mass is 10.1. The number of carbonyl (C=O) groups is 1. The number of methoxy groups -OCH3 is 1. The molecule has 0 aliphatic rings. The van der Waals surface area contributed by atoms with E-state index < -0.39 is 18.6 Å². The predicted molar refractivity (Wildman–Crippen MR) is 55.8 cm³/mol. The molecule has 0 radical (unpaired) electrons. The lowest BCUT2D eigenvalue weighted by Crippen LogP contribution is -2.34. The third kappa shape index (κ3) is 3.86. The molecule has 1 aromatic carbocycles. The average Bonchev–Trinajstić information content (AvgIpc) is 2.25. The molecule has 94 valence electrons. The van der Waals surface area contributed by atoms with E-state index in [9.17, 15) is 18.0 Å². The first-order valence-corrected chi connectivity index (χ1v) is 4.62. The lowest BCUT2D eigenvalue weighted by Gasteiger charge is -2.10. The number of halogens is 3. The monoisotopic (exact) mass is 248 g/mol. The van der Waals surface area contributed by atoms with Crippen LogP contribution >= 0.6 is 0 Å². The van der Waals surface area contributed by atoms with E-state index in [-0.39, 0.29) is 11.3 Å². The SMILES string of the molecule is COc1ccc(N)c(C(=O)NCC(F)(F)F)c1. The van der Waals surface area contributed by atoms with Crippen molar-refractivity contribution < 1.29 is 22.7 Å². The van der Waals surface area contributed by atoms with Crippen molar-refractivity contribution in [3.05, 3.63) is 23.8 Å². The van der Waals surface area contributed by atoms with Crippen molar-refractivity contribution in [3.63, 3.8) is 0 Å². The number of hydrogen-bond acceptors (Lipinski definition) is 3. The molecule has 1 rings (SSSR count). The highest BCUT2D eigenvalue weighted by atomic mass is 19.4. The second kappa shape index (κ2) is 4.94. The number of amides is 1. The molecule has 0 saturated carbocycles. The van der Waals surface area contributed by atoms with Gasteiger partial charge in [0, 0.05) is 5.69 Å². The van der Waals surface area contributed by atoms with Gasteiger partial charge in [-0.05, 0) is 18.2 Å². The van der Waals surface area contributed by atoms with Crippen LogP contribution in [-0.4, -0.2) is 25.7 Å². The molecule has 0 saturated heterocycles. The van der Waals surface area contributed by atoms with Crippen LogP contribution in [0.4, 0.5) is 18.9 Å². The van der Waals surface area contributed by atoms with Gasteiger partial charge in [0.05, 0.1) is 12.7 Å². The molecular formula is C10H11F3N2O2. The first-order valence-electron chi connectivity index (χ1n) is 4.62. The molecule has 0 aromatic heterocycles. The summed E-state index contributed by atoms with van der Waals surface area (Å²) in [4.78, 5) is 11.4. The number of hydrogen-bond donors (Lipinski definition) is 2. The van der Waals surface area contributed by atoms with Gasteiger partial charge >= 0.3 is 6.18 Å². The number of rotatable bonds is 3. The average molecular weight is 248 g/mol. The van der Waals surface area contributed by atoms with Crippen molar-refractivity contribution in [2.75, 3.05) is 19.4 Å². The Labute approximate surface area is 95.6 Å². The minimum absolute atomic E-state index is 0.0476. The fraction of sp³-hybridized carbons (Fsp3) is 0.300. The maximum Gasteiger partial charge on any atom is 0.405 e. The molecule has 1 aromatic rings. The minimum atomic E-state index is -4.46. The Bertz CT molecular complexity index is 419. The largest absolute Gasteiger partial charge is 0.497 e. The second-order valence-corrected chi connectivity index (χ2v) is 3.25. The van der Waals surface area contributed by atoms with Gasteiger partial charge in [-0.3, -0.25) is 4.79 Å². The predicted octanol–water partition coefficient (Wildman–Crippen LogP) is 1.57. The maximum atomic E-state index is 11.9. The van der Waals surface area contributed by atoms with Gasteiger partial charge in [-0.15, -0.1) is 0 Å². The number of nitrogen functional groups attached to an aromatic ring is 1. The molecule has 0 aliphatic heterocycles. The van der Waals surface area contributed by atoms with Crippen molar-refractivity contribution in [1.82, 2.24) is 5.32 Å². The molecule has 1 amide bonds. The number of carbonyl (C=O) groups excluding carboxylic acids is 1.